The molecule has 1 aliphatic carbocycles. The largest absolute Gasteiger partial charge is 0.451 e. The quantitative estimate of drug-likeness (QED) is 0.669. The van der Waals surface area contributed by atoms with Gasteiger partial charge in [0.1, 0.15) is 11.6 Å². The maximum Gasteiger partial charge on any atom is 0.332 e. The molecule has 0 unspecified atom stereocenters. The Hall–Kier alpha value is -2.52. The van der Waals surface area contributed by atoms with Crippen LogP contribution in [0, 0.1) is 0 Å². The highest BCUT2D eigenvalue weighted by molar-refractivity contribution is 7.18. The predicted octanol–water partition coefficient (Wildman–Crippen LogP) is 2.90. The van der Waals surface area contributed by atoms with Crippen molar-refractivity contribution in [1.29, 1.82) is 0 Å². The van der Waals surface area contributed by atoms with Gasteiger partial charge in [0, 0.05) is 6.04 Å². The van der Waals surface area contributed by atoms with Crippen LogP contribution in [0.3, 0.4) is 0 Å². The zero-order valence-corrected chi connectivity index (χ0v) is 17.1. The molecule has 1 atom stereocenters. The summed E-state index contributed by atoms with van der Waals surface area (Å²) in [5.74, 6) is -1.35. The van der Waals surface area contributed by atoms with E-state index in [-0.39, 0.29) is 19.3 Å². The summed E-state index contributed by atoms with van der Waals surface area (Å²) >= 11 is 1.49. The number of aromatic nitrogens is 1. The van der Waals surface area contributed by atoms with Crippen molar-refractivity contribution in [2.24, 2.45) is 0 Å². The van der Waals surface area contributed by atoms with Gasteiger partial charge in [-0.15, -0.1) is 11.3 Å². The van der Waals surface area contributed by atoms with Crippen LogP contribution in [0.15, 0.2) is 24.3 Å². The number of urea groups is 1. The molecule has 0 aliphatic heterocycles. The fourth-order valence-corrected chi connectivity index (χ4v) is 4.07. The van der Waals surface area contributed by atoms with Crippen LogP contribution >= 0.6 is 11.3 Å². The molecule has 3 amide bonds. The molecule has 1 heterocycles. The Morgan fingerprint density at radius 2 is 1.97 bits per heavy atom. The van der Waals surface area contributed by atoms with Gasteiger partial charge in [-0.25, -0.2) is 14.6 Å². The highest BCUT2D eigenvalue weighted by atomic mass is 32.1. The number of rotatable bonds is 7. The first-order valence-corrected chi connectivity index (χ1v) is 10.6. The molecule has 0 spiro atoms. The lowest BCUT2D eigenvalue weighted by molar-refractivity contribution is -0.159. The highest BCUT2D eigenvalue weighted by Gasteiger charge is 2.22. The van der Waals surface area contributed by atoms with Gasteiger partial charge < -0.3 is 14.8 Å². The van der Waals surface area contributed by atoms with E-state index in [9.17, 15) is 14.4 Å². The second kappa shape index (κ2) is 10.3. The highest BCUT2D eigenvalue weighted by Crippen LogP contribution is 2.22. The van der Waals surface area contributed by atoms with Gasteiger partial charge >= 0.3 is 12.0 Å². The van der Waals surface area contributed by atoms with Gasteiger partial charge in [0.2, 0.25) is 0 Å². The number of amides is 3. The average Bonchev–Trinajstić information content (AvgIpc) is 3.11. The average molecular weight is 420 g/mol. The van der Waals surface area contributed by atoms with Crippen molar-refractivity contribution in [2.45, 2.75) is 57.8 Å². The molecule has 8 nitrogen and oxygen atoms in total. The Bertz CT molecular complexity index is 830. The van der Waals surface area contributed by atoms with Gasteiger partial charge in [0.05, 0.1) is 16.8 Å². The van der Waals surface area contributed by atoms with Crippen molar-refractivity contribution in [1.82, 2.24) is 15.6 Å². The minimum atomic E-state index is -1.09. The van der Waals surface area contributed by atoms with Crippen LogP contribution in [0.2, 0.25) is 0 Å². The summed E-state index contributed by atoms with van der Waals surface area (Å²) in [5, 5.41) is 5.75. The topological polar surface area (TPSA) is 107 Å². The number of esters is 1. The van der Waals surface area contributed by atoms with Crippen LogP contribution in [0.4, 0.5) is 4.79 Å². The zero-order valence-electron chi connectivity index (χ0n) is 16.3. The first kappa shape index (κ1) is 21.2. The molecule has 1 saturated carbocycles. The van der Waals surface area contributed by atoms with Crippen molar-refractivity contribution < 1.29 is 23.9 Å². The van der Waals surface area contributed by atoms with Crippen LogP contribution < -0.4 is 10.6 Å². The molecule has 3 rings (SSSR count). The molecule has 1 aliphatic rings. The van der Waals surface area contributed by atoms with Crippen molar-refractivity contribution >= 4 is 39.5 Å². The fraction of sp³-hybridized carbons (Fsp3) is 0.500. The van der Waals surface area contributed by atoms with Gasteiger partial charge in [0.25, 0.3) is 5.91 Å². The summed E-state index contributed by atoms with van der Waals surface area (Å²) in [6, 6.07) is 7.25. The Morgan fingerprint density at radius 3 is 2.72 bits per heavy atom. The normalized spacial score (nSPS) is 15.6. The van der Waals surface area contributed by atoms with E-state index in [1.54, 1.807) is 0 Å². The monoisotopic (exact) mass is 419 g/mol. The summed E-state index contributed by atoms with van der Waals surface area (Å²) < 4.78 is 11.4. The van der Waals surface area contributed by atoms with Crippen molar-refractivity contribution in [3.63, 3.8) is 0 Å². The second-order valence-electron chi connectivity index (χ2n) is 7.00. The Kier molecular flexibility index (Phi) is 7.54. The molecule has 0 radical (unpaired) electrons. The minimum Gasteiger partial charge on any atom is -0.451 e. The fourth-order valence-electron chi connectivity index (χ4n) is 3.17. The third kappa shape index (κ3) is 6.50. The molecule has 9 heteroatoms. The maximum atomic E-state index is 12.0. The van der Waals surface area contributed by atoms with Crippen molar-refractivity contribution in [3.05, 3.63) is 29.3 Å². The standard InChI is InChI=1S/C20H25N3O5S/c1-13(19(25)23-20(26)21-14-7-3-2-4-8-14)28-18(24)12-27-11-17-22-15-9-5-6-10-16(15)29-17/h5-6,9-10,13-14H,2-4,7-8,11-12H2,1H3,(H2,21,23,25,26)/t13-/m0/s1. The zero-order chi connectivity index (χ0) is 20.6. The van der Waals surface area contributed by atoms with Crippen LogP contribution in [0.5, 0.6) is 0 Å². The first-order chi connectivity index (χ1) is 14.0. The van der Waals surface area contributed by atoms with Crippen LogP contribution in [0.25, 0.3) is 10.2 Å². The number of benzene rings is 1. The molecule has 29 heavy (non-hydrogen) atoms. The third-order valence-electron chi connectivity index (χ3n) is 4.64. The number of ether oxygens (including phenoxy) is 2. The molecule has 156 valence electrons. The van der Waals surface area contributed by atoms with Gasteiger partial charge in [-0.2, -0.15) is 0 Å². The number of thiazole rings is 1. The molecular weight excluding hydrogens is 394 g/mol. The number of para-hydroxylation sites is 1. The Balaban J connectivity index is 1.35. The molecular formula is C20H25N3O5S. The Labute approximate surface area is 173 Å². The number of imide groups is 1. The SMILES string of the molecule is C[C@H](OC(=O)COCc1nc2ccccc2s1)C(=O)NC(=O)NC1CCCCC1. The molecule has 0 bridgehead atoms. The molecule has 1 aromatic heterocycles. The lowest BCUT2D eigenvalue weighted by atomic mass is 9.96. The van der Waals surface area contributed by atoms with Crippen LogP contribution in [0.1, 0.15) is 44.0 Å². The number of carbonyl (C=O) groups excluding carboxylic acids is 3. The van der Waals surface area contributed by atoms with Crippen molar-refractivity contribution in [2.75, 3.05) is 6.61 Å². The summed E-state index contributed by atoms with van der Waals surface area (Å²) in [6.45, 7) is 1.29. The second-order valence-corrected chi connectivity index (χ2v) is 8.11. The Morgan fingerprint density at radius 1 is 1.21 bits per heavy atom. The van der Waals surface area contributed by atoms with Crippen LogP contribution in [-0.4, -0.2) is 41.6 Å². The maximum absolute atomic E-state index is 12.0. The van der Waals surface area contributed by atoms with E-state index >= 15 is 0 Å². The first-order valence-electron chi connectivity index (χ1n) is 9.74. The van der Waals surface area contributed by atoms with E-state index in [1.807, 2.05) is 24.3 Å². The number of fused-ring (bicyclic) bond motifs is 1. The third-order valence-corrected chi connectivity index (χ3v) is 5.65. The van der Waals surface area contributed by atoms with E-state index in [1.165, 1.54) is 24.7 Å². The summed E-state index contributed by atoms with van der Waals surface area (Å²) in [7, 11) is 0. The van der Waals surface area contributed by atoms with Gasteiger partial charge in [-0.05, 0) is 31.9 Å². The lowest BCUT2D eigenvalue weighted by Crippen LogP contribution is -2.48. The number of nitrogens with one attached hydrogen (secondary N) is 2. The molecule has 1 fully saturated rings. The molecule has 2 N–H and O–H groups in total. The summed E-state index contributed by atoms with van der Waals surface area (Å²) in [5.41, 5.74) is 0.885. The van der Waals surface area contributed by atoms with Crippen LogP contribution in [-0.2, 0) is 25.7 Å². The van der Waals surface area contributed by atoms with E-state index in [0.717, 1.165) is 40.9 Å². The van der Waals surface area contributed by atoms with E-state index < -0.39 is 24.0 Å². The van der Waals surface area contributed by atoms with Gasteiger partial charge in [-0.1, -0.05) is 31.4 Å². The molecule has 0 saturated heterocycles. The summed E-state index contributed by atoms with van der Waals surface area (Å²) in [4.78, 5) is 40.2. The summed E-state index contributed by atoms with van der Waals surface area (Å²) in [6.07, 6.45) is 4.06. The predicted molar refractivity (Wildman–Crippen MR) is 108 cm³/mol. The van der Waals surface area contributed by atoms with Crippen molar-refractivity contribution in [3.8, 4) is 0 Å². The lowest BCUT2D eigenvalue weighted by Gasteiger charge is -2.23. The smallest absolute Gasteiger partial charge is 0.332 e. The van der Waals surface area contributed by atoms with E-state index in [0.29, 0.717) is 0 Å². The molecule has 2 aromatic rings. The number of hydrogen-bond donors (Lipinski definition) is 2. The number of carbonyl (C=O) groups is 3. The van der Waals surface area contributed by atoms with Gasteiger partial charge in [0.15, 0.2) is 6.10 Å². The van der Waals surface area contributed by atoms with E-state index in [4.69, 9.17) is 9.47 Å². The van der Waals surface area contributed by atoms with E-state index in [2.05, 4.69) is 15.6 Å². The molecule has 1 aromatic carbocycles. The van der Waals surface area contributed by atoms with Gasteiger partial charge in [-0.3, -0.25) is 10.1 Å². The number of hydrogen-bond acceptors (Lipinski definition) is 7. The number of nitrogens with zero attached hydrogens (tertiary/aromatic N) is 1. The minimum absolute atomic E-state index is 0.0883.